The van der Waals surface area contributed by atoms with Crippen LogP contribution in [0, 0.1) is 34.3 Å². The van der Waals surface area contributed by atoms with Gasteiger partial charge in [-0.15, -0.1) is 20.4 Å². The average molecular weight is 1460 g/mol. The molecule has 0 atom stereocenters. The van der Waals surface area contributed by atoms with Gasteiger partial charge in [-0.1, -0.05) is 70.7 Å². The highest BCUT2D eigenvalue weighted by atomic mass is 35.5. The monoisotopic (exact) mass is 1460 g/mol. The molecule has 0 spiro atoms. The van der Waals surface area contributed by atoms with Crippen molar-refractivity contribution in [3.05, 3.63) is 214 Å². The molecule has 0 bridgehead atoms. The lowest BCUT2D eigenvalue weighted by Crippen LogP contribution is -2.25. The van der Waals surface area contributed by atoms with Crippen LogP contribution < -0.4 is 60.1 Å². The predicted molar refractivity (Wildman–Crippen MR) is 363 cm³/mol. The molecule has 100 heavy (non-hydrogen) atoms. The van der Waals surface area contributed by atoms with Crippen LogP contribution in [0.1, 0.15) is 96.8 Å². The number of nitrogens with zero attached hydrogens (tertiary/aromatic N) is 9. The van der Waals surface area contributed by atoms with Crippen molar-refractivity contribution in [3.63, 3.8) is 0 Å². The molecule has 0 radical (unpaired) electrons. The van der Waals surface area contributed by atoms with Crippen molar-refractivity contribution < 1.29 is 76.2 Å². The predicted octanol–water partition coefficient (Wildman–Crippen LogP) is 9.17. The van der Waals surface area contributed by atoms with Gasteiger partial charge in [0.05, 0.1) is 81.2 Å². The molecule has 33 heteroatoms. The van der Waals surface area contributed by atoms with Crippen LogP contribution >= 0.6 is 46.4 Å². The van der Waals surface area contributed by atoms with Gasteiger partial charge in [0.2, 0.25) is 30.1 Å². The van der Waals surface area contributed by atoms with Gasteiger partial charge in [0.15, 0.2) is 0 Å². The number of methoxy groups -OCH3 is 4. The van der Waals surface area contributed by atoms with E-state index in [2.05, 4.69) is 25.2 Å². The molecule has 8 aromatic rings. The summed E-state index contributed by atoms with van der Waals surface area (Å²) < 4.78 is 50.8. The van der Waals surface area contributed by atoms with E-state index in [1.807, 2.05) is 0 Å². The van der Waals surface area contributed by atoms with Gasteiger partial charge in [0, 0.05) is 61.4 Å². The Morgan fingerprint density at radius 2 is 0.720 bits per heavy atom. The van der Waals surface area contributed by atoms with E-state index < -0.39 is 46.5 Å². The third kappa shape index (κ3) is 22.2. The van der Waals surface area contributed by atoms with E-state index in [1.54, 1.807) is 83.1 Å². The summed E-state index contributed by atoms with van der Waals surface area (Å²) in [6.45, 7) is 17.6. The average Bonchev–Trinajstić information content (AvgIpc) is 0.827. The number of ether oxygens (including phenoxy) is 9. The minimum Gasteiger partial charge on any atom is -0.496 e. The van der Waals surface area contributed by atoms with Gasteiger partial charge in [-0.3, -0.25) is 28.8 Å². The van der Waals surface area contributed by atoms with Gasteiger partial charge in [0.25, 0.3) is 22.2 Å². The van der Waals surface area contributed by atoms with E-state index in [4.69, 9.17) is 95.6 Å². The number of carbonyl (C=O) groups excluding carboxylic acids is 7. The number of hydrogen-bond donors (Lipinski definition) is 0. The number of benzene rings is 4. The SMILES string of the molecule is CCOC(=O)CCn1nc(OC(=O)c2c(Cl)ccc(C)c2OC)ccc1=O.COc1c(C)ccc(Cl)c1C(=O)Oc1ccc(=O)n(CCC(C)=O)n1.COc1c(C)ccc(Cl)c1C(=O)Oc1ccc(=O)n(CCC=O)n1.[C-]#[N+]CCn1nc(OC(=O)c2c(Cl)ccc(C)c2OC)ccc1=O. The van der Waals surface area contributed by atoms with Crippen LogP contribution in [0.5, 0.6) is 46.5 Å². The number of Topliss-reactive ketones (excluding diaryl/α,β-unsaturated/α-hetero) is 1. The summed E-state index contributed by atoms with van der Waals surface area (Å²) in [5.41, 5.74) is 1.55. The van der Waals surface area contributed by atoms with Crippen molar-refractivity contribution in [2.45, 2.75) is 87.0 Å². The zero-order valence-corrected chi connectivity index (χ0v) is 58.4. The van der Waals surface area contributed by atoms with Crippen molar-refractivity contribution in [2.24, 2.45) is 0 Å². The Bertz CT molecular complexity index is 4640. The van der Waals surface area contributed by atoms with Crippen LogP contribution in [-0.4, -0.2) is 123 Å². The zero-order chi connectivity index (χ0) is 73.9. The molecule has 0 amide bonds. The second kappa shape index (κ2) is 38.8. The summed E-state index contributed by atoms with van der Waals surface area (Å²) in [5.74, 6) is -2.67. The Balaban J connectivity index is 0.000000241. The quantitative estimate of drug-likeness (QED) is 0.0309. The first-order chi connectivity index (χ1) is 47.6. The Hall–Kier alpha value is -11.1. The summed E-state index contributed by atoms with van der Waals surface area (Å²) in [4.78, 5) is 133. The fraction of sp³-hybridized carbons (Fsp3) is 0.284. The lowest BCUT2D eigenvalue weighted by molar-refractivity contribution is -0.143. The number of halogens is 4. The molecule has 0 saturated heterocycles. The van der Waals surface area contributed by atoms with Gasteiger partial charge in [-0.05, 0) is 88.1 Å². The van der Waals surface area contributed by atoms with E-state index >= 15 is 0 Å². The minimum absolute atomic E-state index is 0.00240. The normalized spacial score (nSPS) is 10.3. The highest BCUT2D eigenvalue weighted by Gasteiger charge is 2.26. The van der Waals surface area contributed by atoms with E-state index in [0.717, 1.165) is 35.4 Å². The van der Waals surface area contributed by atoms with Crippen molar-refractivity contribution in [1.29, 1.82) is 0 Å². The summed E-state index contributed by atoms with van der Waals surface area (Å²) in [5, 5.41) is 16.4. The first-order valence-electron chi connectivity index (χ1n) is 29.6. The van der Waals surface area contributed by atoms with Gasteiger partial charge >= 0.3 is 29.8 Å². The molecule has 526 valence electrons. The number of hydrogen-bond acceptors (Lipinski definition) is 24. The Morgan fingerprint density at radius 3 is 0.980 bits per heavy atom. The van der Waals surface area contributed by atoms with E-state index in [9.17, 15) is 52.7 Å². The fourth-order valence-corrected chi connectivity index (χ4v) is 9.54. The van der Waals surface area contributed by atoms with Crippen molar-refractivity contribution in [1.82, 2.24) is 39.1 Å². The van der Waals surface area contributed by atoms with Crippen molar-refractivity contribution in [2.75, 3.05) is 41.6 Å². The number of carbonyl (C=O) groups is 7. The standard InChI is InChI=1S/C18H19ClN2O6.C17H17ClN2O5.C16H14ClN3O4.C16H15ClN2O5/c1-4-26-15(23)9-10-21-14(22)8-7-13(20-21)27-18(24)16-12(19)6-5-11(2)17(16)25-3;1-10-4-5-12(18)15(16(10)24-3)17(23)25-13-6-7-14(22)20(19-13)9-8-11(2)21;1-10-4-5-11(17)14(15(10)23-3)16(22)24-12-6-7-13(21)20(19-12)9-8-18-2;1-10-4-5-11(17)14(15(10)23-2)16(22)24-12-6-7-13(21)19(18-12)8-3-9-20/h5-8H,4,9-10H2,1-3H3;4-7H,8-9H2,1-3H3;4-7H,8-9H2,1,3H3;4-7,9H,3,8H2,1-2H3. The van der Waals surface area contributed by atoms with Crippen LogP contribution in [-0.2, 0) is 45.3 Å². The van der Waals surface area contributed by atoms with Crippen LogP contribution in [0.2, 0.25) is 20.1 Å². The molecule has 4 aromatic carbocycles. The summed E-state index contributed by atoms with van der Waals surface area (Å²) in [7, 11) is 5.70. The molecular formula is C67H65Cl4N9O20. The van der Waals surface area contributed by atoms with Crippen LogP contribution in [0.3, 0.4) is 0 Å². The molecule has 0 aliphatic heterocycles. The molecule has 8 rings (SSSR count). The first-order valence-corrected chi connectivity index (χ1v) is 31.1. The number of esters is 5. The molecule has 0 N–H and O–H groups in total. The fourth-order valence-electron chi connectivity index (χ4n) is 8.64. The minimum atomic E-state index is -0.774. The first kappa shape index (κ1) is 79.6. The zero-order valence-electron chi connectivity index (χ0n) is 55.4. The Labute approximate surface area is 590 Å². The third-order valence-electron chi connectivity index (χ3n) is 13.4. The smallest absolute Gasteiger partial charge is 0.350 e. The summed E-state index contributed by atoms with van der Waals surface area (Å²) in [6, 6.07) is 23.1. The number of aromatic nitrogens is 8. The second-order valence-electron chi connectivity index (χ2n) is 20.4. The highest BCUT2D eigenvalue weighted by Crippen LogP contribution is 2.35. The van der Waals surface area contributed by atoms with Gasteiger partial charge < -0.3 is 52.3 Å². The topological polar surface area (TPSA) is 346 Å². The van der Waals surface area contributed by atoms with Gasteiger partial charge in [0.1, 0.15) is 63.9 Å². The van der Waals surface area contributed by atoms with Gasteiger partial charge in [-0.25, -0.2) is 44.5 Å². The number of aryl methyl sites for hydroxylation is 7. The Kier molecular flexibility index (Phi) is 30.9. The van der Waals surface area contributed by atoms with E-state index in [-0.39, 0.29) is 136 Å². The molecule has 0 aliphatic carbocycles. The molecule has 0 aliphatic rings. The lowest BCUT2D eigenvalue weighted by atomic mass is 10.1. The molecule has 0 unspecified atom stereocenters. The van der Waals surface area contributed by atoms with Crippen LogP contribution in [0.4, 0.5) is 0 Å². The molecule has 4 heterocycles. The van der Waals surface area contributed by atoms with Crippen molar-refractivity contribution >= 4 is 88.3 Å². The molecule has 29 nitrogen and oxygen atoms in total. The number of rotatable bonds is 24. The molecule has 0 saturated carbocycles. The van der Waals surface area contributed by atoms with Gasteiger partial charge in [-0.2, -0.15) is 0 Å². The summed E-state index contributed by atoms with van der Waals surface area (Å²) >= 11 is 24.3. The van der Waals surface area contributed by atoms with E-state index in [1.165, 1.54) is 83.9 Å². The maximum atomic E-state index is 12.5. The van der Waals surface area contributed by atoms with Crippen LogP contribution in [0.15, 0.2) is 116 Å². The Morgan fingerprint density at radius 1 is 0.440 bits per heavy atom. The maximum absolute atomic E-state index is 12.5. The highest BCUT2D eigenvalue weighted by molar-refractivity contribution is 6.35. The summed E-state index contributed by atoms with van der Waals surface area (Å²) in [6.07, 6.45) is 0.920. The second-order valence-corrected chi connectivity index (χ2v) is 22.1. The van der Waals surface area contributed by atoms with Crippen LogP contribution in [0.25, 0.3) is 4.85 Å². The maximum Gasteiger partial charge on any atom is 0.350 e. The number of ketones is 1. The molecular weight excluding hydrogens is 1390 g/mol. The number of aldehydes is 1. The van der Waals surface area contributed by atoms with Crippen molar-refractivity contribution in [3.8, 4) is 46.5 Å². The lowest BCUT2D eigenvalue weighted by Gasteiger charge is -2.12. The molecule has 0 fully saturated rings. The third-order valence-corrected chi connectivity index (χ3v) is 14.7. The largest absolute Gasteiger partial charge is 0.496 e. The molecule has 4 aromatic heterocycles. The van der Waals surface area contributed by atoms with E-state index in [0.29, 0.717) is 34.8 Å².